The normalized spacial score (nSPS) is 12.1. The van der Waals surface area contributed by atoms with Crippen molar-refractivity contribution < 1.29 is 27.6 Å². The van der Waals surface area contributed by atoms with Crippen LogP contribution >= 0.6 is 0 Å². The van der Waals surface area contributed by atoms with Crippen LogP contribution in [0.15, 0.2) is 47.4 Å². The van der Waals surface area contributed by atoms with Crippen LogP contribution in [0.3, 0.4) is 0 Å². The quantitative estimate of drug-likeness (QED) is 0.502. The Morgan fingerprint density at radius 2 is 1.79 bits per heavy atom. The second-order valence-corrected chi connectivity index (χ2v) is 7.37. The zero-order chi connectivity index (χ0) is 20.9. The number of ether oxygens (including phenoxy) is 2. The highest BCUT2D eigenvalue weighted by Gasteiger charge is 2.23. The Balaban J connectivity index is 2.14. The molecule has 0 radical (unpaired) electrons. The van der Waals surface area contributed by atoms with Crippen LogP contribution in [0.2, 0.25) is 0 Å². The van der Waals surface area contributed by atoms with Crippen LogP contribution in [0.5, 0.6) is 11.5 Å². The van der Waals surface area contributed by atoms with Gasteiger partial charge in [0.25, 0.3) is 5.69 Å². The number of sulfonamides is 1. The van der Waals surface area contributed by atoms with E-state index < -0.39 is 26.9 Å². The molecule has 150 valence electrons. The molecule has 0 unspecified atom stereocenters. The summed E-state index contributed by atoms with van der Waals surface area (Å²) < 4.78 is 37.5. The zero-order valence-corrected chi connectivity index (χ0v) is 16.1. The van der Waals surface area contributed by atoms with Crippen molar-refractivity contribution in [2.24, 2.45) is 0 Å². The van der Waals surface area contributed by atoms with E-state index in [2.05, 4.69) is 10.0 Å². The zero-order valence-electron chi connectivity index (χ0n) is 15.3. The Bertz CT molecular complexity index is 992. The second-order valence-electron chi connectivity index (χ2n) is 5.66. The molecule has 0 fully saturated rings. The van der Waals surface area contributed by atoms with E-state index in [-0.39, 0.29) is 22.0 Å². The predicted octanol–water partition coefficient (Wildman–Crippen LogP) is 1.92. The molecule has 1 atom stereocenters. The molecular weight excluding hydrogens is 390 g/mol. The van der Waals surface area contributed by atoms with Crippen LogP contribution in [-0.4, -0.2) is 39.5 Å². The molecular formula is C17H19N3O7S. The summed E-state index contributed by atoms with van der Waals surface area (Å²) in [6.07, 6.45) is 0. The van der Waals surface area contributed by atoms with Gasteiger partial charge in [-0.05, 0) is 25.1 Å². The average molecular weight is 409 g/mol. The Morgan fingerprint density at radius 1 is 1.11 bits per heavy atom. The first-order valence-electron chi connectivity index (χ1n) is 7.97. The van der Waals surface area contributed by atoms with Crippen molar-refractivity contribution in [3.8, 4) is 11.5 Å². The number of non-ortho nitro benzene ring substituents is 1. The number of rotatable bonds is 8. The highest BCUT2D eigenvalue weighted by atomic mass is 32.2. The Morgan fingerprint density at radius 3 is 2.39 bits per heavy atom. The van der Waals surface area contributed by atoms with Crippen LogP contribution < -0.4 is 19.5 Å². The van der Waals surface area contributed by atoms with E-state index in [1.54, 1.807) is 0 Å². The molecule has 0 aliphatic carbocycles. The lowest BCUT2D eigenvalue weighted by atomic mass is 10.2. The number of amides is 1. The summed E-state index contributed by atoms with van der Waals surface area (Å²) in [6.45, 7) is 1.35. The molecule has 2 aromatic carbocycles. The summed E-state index contributed by atoms with van der Waals surface area (Å²) in [5, 5.41) is 13.2. The van der Waals surface area contributed by atoms with Crippen LogP contribution in [-0.2, 0) is 14.8 Å². The number of hydrogen-bond donors (Lipinski definition) is 2. The van der Waals surface area contributed by atoms with Crippen molar-refractivity contribution in [2.45, 2.75) is 17.9 Å². The summed E-state index contributed by atoms with van der Waals surface area (Å²) in [4.78, 5) is 22.4. The van der Waals surface area contributed by atoms with Gasteiger partial charge in [-0.25, -0.2) is 8.42 Å². The number of methoxy groups -OCH3 is 2. The maximum absolute atomic E-state index is 12.5. The molecule has 0 aliphatic heterocycles. The van der Waals surface area contributed by atoms with Gasteiger partial charge >= 0.3 is 0 Å². The maximum atomic E-state index is 12.5. The Kier molecular flexibility index (Phi) is 6.54. The van der Waals surface area contributed by atoms with Gasteiger partial charge < -0.3 is 14.8 Å². The van der Waals surface area contributed by atoms with Crippen molar-refractivity contribution in [1.82, 2.24) is 4.72 Å². The van der Waals surface area contributed by atoms with Crippen LogP contribution in [0.1, 0.15) is 6.92 Å². The van der Waals surface area contributed by atoms with Gasteiger partial charge in [0.2, 0.25) is 15.9 Å². The lowest BCUT2D eigenvalue weighted by molar-refractivity contribution is -0.384. The lowest BCUT2D eigenvalue weighted by Gasteiger charge is -2.15. The minimum absolute atomic E-state index is 0.111. The van der Waals surface area contributed by atoms with Gasteiger partial charge in [-0.2, -0.15) is 4.72 Å². The Labute approximate surface area is 161 Å². The number of nitrogens with zero attached hydrogens (tertiary/aromatic N) is 1. The van der Waals surface area contributed by atoms with E-state index in [0.717, 1.165) is 0 Å². The van der Waals surface area contributed by atoms with Crippen LogP contribution in [0.4, 0.5) is 11.4 Å². The molecule has 2 rings (SSSR count). The third-order valence-electron chi connectivity index (χ3n) is 3.72. The van der Waals surface area contributed by atoms with Gasteiger partial charge in [-0.1, -0.05) is 6.07 Å². The van der Waals surface area contributed by atoms with E-state index in [1.165, 1.54) is 63.6 Å². The SMILES string of the molecule is COc1ccc(S(=O)(=O)N[C@H](C)C(=O)Nc2cccc([N+](=O)[O-])c2)cc1OC. The maximum Gasteiger partial charge on any atom is 0.271 e. The van der Waals surface area contributed by atoms with Gasteiger partial charge in [0, 0.05) is 23.9 Å². The van der Waals surface area contributed by atoms with E-state index in [1.807, 2.05) is 0 Å². The number of hydrogen-bond acceptors (Lipinski definition) is 7. The van der Waals surface area contributed by atoms with Gasteiger partial charge in [-0.3, -0.25) is 14.9 Å². The highest BCUT2D eigenvalue weighted by molar-refractivity contribution is 7.89. The van der Waals surface area contributed by atoms with Gasteiger partial charge in [0.1, 0.15) is 0 Å². The average Bonchev–Trinajstić information content (AvgIpc) is 2.67. The first kappa shape index (κ1) is 21.1. The fourth-order valence-corrected chi connectivity index (χ4v) is 3.50. The Hall–Kier alpha value is -3.18. The standard InChI is InChI=1S/C17H19N3O7S/c1-11(17(21)18-12-5-4-6-13(9-12)20(22)23)19-28(24,25)14-7-8-15(26-2)16(10-14)27-3/h4-11,19H,1-3H3,(H,18,21)/t11-/m1/s1. The molecule has 2 N–H and O–H groups in total. The first-order valence-corrected chi connectivity index (χ1v) is 9.46. The molecule has 28 heavy (non-hydrogen) atoms. The summed E-state index contributed by atoms with van der Waals surface area (Å²) in [5.41, 5.74) is -0.0206. The summed E-state index contributed by atoms with van der Waals surface area (Å²) in [5.74, 6) is -0.0958. The number of carbonyl (C=O) groups is 1. The summed E-state index contributed by atoms with van der Waals surface area (Å²) >= 11 is 0. The van der Waals surface area contributed by atoms with E-state index >= 15 is 0 Å². The first-order chi connectivity index (χ1) is 13.2. The minimum atomic E-state index is -4.03. The topological polar surface area (TPSA) is 137 Å². The van der Waals surface area contributed by atoms with Gasteiger partial charge in [-0.15, -0.1) is 0 Å². The molecule has 2 aromatic rings. The number of anilines is 1. The van der Waals surface area contributed by atoms with E-state index in [9.17, 15) is 23.3 Å². The number of benzene rings is 2. The summed E-state index contributed by atoms with van der Waals surface area (Å²) in [7, 11) is -1.24. The molecule has 0 saturated heterocycles. The smallest absolute Gasteiger partial charge is 0.271 e. The largest absolute Gasteiger partial charge is 0.493 e. The summed E-state index contributed by atoms with van der Waals surface area (Å²) in [6, 6.07) is 8.19. The number of carbonyl (C=O) groups excluding carboxylic acids is 1. The molecule has 0 heterocycles. The molecule has 10 nitrogen and oxygen atoms in total. The molecule has 0 aliphatic rings. The molecule has 0 spiro atoms. The van der Waals surface area contributed by atoms with Crippen molar-refractivity contribution in [3.63, 3.8) is 0 Å². The second kappa shape index (κ2) is 8.67. The number of nitro benzene ring substituents is 1. The molecule has 11 heteroatoms. The van der Waals surface area contributed by atoms with Gasteiger partial charge in [0.05, 0.1) is 30.1 Å². The van der Waals surface area contributed by atoms with Gasteiger partial charge in [0.15, 0.2) is 11.5 Å². The third-order valence-corrected chi connectivity index (χ3v) is 5.25. The minimum Gasteiger partial charge on any atom is -0.493 e. The van der Waals surface area contributed by atoms with Crippen molar-refractivity contribution in [1.29, 1.82) is 0 Å². The molecule has 0 bridgehead atoms. The number of nitro groups is 1. The third kappa shape index (κ3) is 4.96. The van der Waals surface area contributed by atoms with Crippen molar-refractivity contribution in [2.75, 3.05) is 19.5 Å². The van der Waals surface area contributed by atoms with Crippen LogP contribution in [0, 0.1) is 10.1 Å². The van der Waals surface area contributed by atoms with Crippen molar-refractivity contribution >= 4 is 27.3 Å². The fraction of sp³-hybridized carbons (Fsp3) is 0.235. The number of nitrogens with one attached hydrogen (secondary N) is 2. The van der Waals surface area contributed by atoms with E-state index in [4.69, 9.17) is 9.47 Å². The molecule has 0 aromatic heterocycles. The molecule has 0 saturated carbocycles. The van der Waals surface area contributed by atoms with Crippen molar-refractivity contribution in [3.05, 3.63) is 52.6 Å². The van der Waals surface area contributed by atoms with Crippen LogP contribution in [0.25, 0.3) is 0 Å². The molecule has 1 amide bonds. The lowest BCUT2D eigenvalue weighted by Crippen LogP contribution is -2.41. The van der Waals surface area contributed by atoms with E-state index in [0.29, 0.717) is 5.75 Å². The monoisotopic (exact) mass is 409 g/mol. The highest BCUT2D eigenvalue weighted by Crippen LogP contribution is 2.29. The fourth-order valence-electron chi connectivity index (χ4n) is 2.29. The predicted molar refractivity (Wildman–Crippen MR) is 101 cm³/mol.